The number of aryl methyl sites for hydroxylation is 1. The minimum Gasteiger partial charge on any atom is -0.490 e. The summed E-state index contributed by atoms with van der Waals surface area (Å²) in [5, 5.41) is 3.49. The topological polar surface area (TPSA) is 30.5 Å². The quantitative estimate of drug-likeness (QED) is 0.609. The monoisotopic (exact) mass is 341 g/mol. The van der Waals surface area contributed by atoms with E-state index in [9.17, 15) is 0 Å². The maximum atomic E-state index is 5.98. The number of benzene rings is 2. The summed E-state index contributed by atoms with van der Waals surface area (Å²) in [5.74, 6) is 2.34. The highest BCUT2D eigenvalue weighted by atomic mass is 16.5. The lowest BCUT2D eigenvalue weighted by Crippen LogP contribution is -2.16. The van der Waals surface area contributed by atoms with E-state index in [1.54, 1.807) is 0 Å². The first-order chi connectivity index (χ1) is 12.1. The largest absolute Gasteiger partial charge is 0.490 e. The molecule has 0 bridgehead atoms. The number of ether oxygens (including phenoxy) is 2. The van der Waals surface area contributed by atoms with Gasteiger partial charge in [0.1, 0.15) is 6.61 Å². The molecule has 0 aliphatic heterocycles. The molecule has 2 aromatic rings. The Morgan fingerprint density at radius 2 is 1.64 bits per heavy atom. The predicted molar refractivity (Wildman–Crippen MR) is 104 cm³/mol. The first-order valence-electron chi connectivity index (χ1n) is 9.23. The normalized spacial score (nSPS) is 10.9. The summed E-state index contributed by atoms with van der Waals surface area (Å²) >= 11 is 0. The summed E-state index contributed by atoms with van der Waals surface area (Å²) in [6.07, 6.45) is 1.19. The smallest absolute Gasteiger partial charge is 0.161 e. The van der Waals surface area contributed by atoms with Gasteiger partial charge in [-0.25, -0.2) is 0 Å². The van der Waals surface area contributed by atoms with Gasteiger partial charge in [0.2, 0.25) is 0 Å². The fourth-order valence-corrected chi connectivity index (χ4v) is 2.52. The van der Waals surface area contributed by atoms with E-state index in [4.69, 9.17) is 9.47 Å². The van der Waals surface area contributed by atoms with Crippen LogP contribution in [0.4, 0.5) is 0 Å². The summed E-state index contributed by atoms with van der Waals surface area (Å²) in [7, 11) is 0. The Morgan fingerprint density at radius 1 is 0.920 bits per heavy atom. The van der Waals surface area contributed by atoms with E-state index < -0.39 is 0 Å². The van der Waals surface area contributed by atoms with Gasteiger partial charge in [-0.1, -0.05) is 49.7 Å². The van der Waals surface area contributed by atoms with Crippen LogP contribution in [0.5, 0.6) is 11.5 Å². The van der Waals surface area contributed by atoms with Crippen molar-refractivity contribution in [3.05, 3.63) is 59.2 Å². The van der Waals surface area contributed by atoms with Crippen molar-refractivity contribution in [1.82, 2.24) is 5.32 Å². The van der Waals surface area contributed by atoms with Crippen molar-refractivity contribution < 1.29 is 9.47 Å². The Balaban J connectivity index is 1.96. The van der Waals surface area contributed by atoms with Crippen LogP contribution >= 0.6 is 0 Å². The third-order valence-corrected chi connectivity index (χ3v) is 4.05. The van der Waals surface area contributed by atoms with Gasteiger partial charge in [0.25, 0.3) is 0 Å². The van der Waals surface area contributed by atoms with Crippen LogP contribution in [0, 0.1) is 12.8 Å². The van der Waals surface area contributed by atoms with Crippen molar-refractivity contribution in [2.75, 3.05) is 13.2 Å². The average Bonchev–Trinajstić information content (AvgIpc) is 2.59. The third-order valence-electron chi connectivity index (χ3n) is 4.05. The molecule has 0 saturated carbocycles. The summed E-state index contributed by atoms with van der Waals surface area (Å²) in [6, 6.07) is 14.6. The van der Waals surface area contributed by atoms with Crippen LogP contribution in [0.1, 0.15) is 43.9 Å². The van der Waals surface area contributed by atoms with Gasteiger partial charge < -0.3 is 14.8 Å². The van der Waals surface area contributed by atoms with Crippen LogP contribution < -0.4 is 14.8 Å². The summed E-state index contributed by atoms with van der Waals surface area (Å²) in [4.78, 5) is 0. The van der Waals surface area contributed by atoms with Crippen molar-refractivity contribution in [3.8, 4) is 11.5 Å². The van der Waals surface area contributed by atoms with Crippen LogP contribution in [0.3, 0.4) is 0 Å². The van der Waals surface area contributed by atoms with Crippen LogP contribution in [0.25, 0.3) is 0 Å². The first-order valence-corrected chi connectivity index (χ1v) is 9.23. The number of rotatable bonds is 10. The SMILES string of the molecule is CCOc1cc(CNCCC(C)C)ccc1OCc1ccc(C)cc1. The highest BCUT2D eigenvalue weighted by molar-refractivity contribution is 5.43. The van der Waals surface area contributed by atoms with Gasteiger partial charge in [-0.15, -0.1) is 0 Å². The van der Waals surface area contributed by atoms with Crippen LogP contribution in [-0.4, -0.2) is 13.2 Å². The number of nitrogens with one attached hydrogen (secondary N) is 1. The molecule has 3 nitrogen and oxygen atoms in total. The fraction of sp³-hybridized carbons (Fsp3) is 0.455. The molecule has 0 radical (unpaired) electrons. The molecule has 0 amide bonds. The molecular weight excluding hydrogens is 310 g/mol. The molecule has 2 rings (SSSR count). The molecule has 25 heavy (non-hydrogen) atoms. The van der Waals surface area contributed by atoms with E-state index >= 15 is 0 Å². The van der Waals surface area contributed by atoms with Gasteiger partial charge in [0.15, 0.2) is 11.5 Å². The van der Waals surface area contributed by atoms with E-state index in [0.29, 0.717) is 13.2 Å². The van der Waals surface area contributed by atoms with E-state index in [1.165, 1.54) is 17.5 Å². The molecule has 0 unspecified atom stereocenters. The van der Waals surface area contributed by atoms with Crippen molar-refractivity contribution in [2.24, 2.45) is 5.92 Å². The second kappa shape index (κ2) is 10.1. The zero-order chi connectivity index (χ0) is 18.1. The molecule has 0 aliphatic carbocycles. The Morgan fingerprint density at radius 3 is 2.32 bits per heavy atom. The summed E-state index contributed by atoms with van der Waals surface area (Å²) in [5.41, 5.74) is 3.63. The lowest BCUT2D eigenvalue weighted by Gasteiger charge is -2.14. The Kier molecular flexibility index (Phi) is 7.80. The van der Waals surface area contributed by atoms with E-state index in [-0.39, 0.29) is 0 Å². The maximum Gasteiger partial charge on any atom is 0.161 e. The molecule has 0 fully saturated rings. The van der Waals surface area contributed by atoms with Gasteiger partial charge in [-0.2, -0.15) is 0 Å². The molecule has 0 aromatic heterocycles. The summed E-state index contributed by atoms with van der Waals surface area (Å²) < 4.78 is 11.8. The Hall–Kier alpha value is -2.00. The van der Waals surface area contributed by atoms with E-state index in [2.05, 4.69) is 62.5 Å². The highest BCUT2D eigenvalue weighted by Crippen LogP contribution is 2.29. The molecule has 2 aromatic carbocycles. The Labute approximate surface area is 152 Å². The third kappa shape index (κ3) is 6.79. The van der Waals surface area contributed by atoms with Crippen LogP contribution in [0.2, 0.25) is 0 Å². The van der Waals surface area contributed by atoms with Gasteiger partial charge in [0, 0.05) is 6.54 Å². The van der Waals surface area contributed by atoms with Crippen LogP contribution in [0.15, 0.2) is 42.5 Å². The molecule has 3 heteroatoms. The molecule has 1 N–H and O–H groups in total. The lowest BCUT2D eigenvalue weighted by atomic mass is 10.1. The van der Waals surface area contributed by atoms with Crippen molar-refractivity contribution in [2.45, 2.75) is 47.3 Å². The number of hydrogen-bond donors (Lipinski definition) is 1. The number of hydrogen-bond acceptors (Lipinski definition) is 3. The van der Waals surface area contributed by atoms with Crippen molar-refractivity contribution >= 4 is 0 Å². The molecule has 0 saturated heterocycles. The van der Waals surface area contributed by atoms with Gasteiger partial charge in [-0.3, -0.25) is 0 Å². The lowest BCUT2D eigenvalue weighted by molar-refractivity contribution is 0.269. The predicted octanol–water partition coefficient (Wildman–Crippen LogP) is 5.11. The molecular formula is C22H31NO2. The first kappa shape index (κ1) is 19.3. The van der Waals surface area contributed by atoms with Crippen molar-refractivity contribution in [3.63, 3.8) is 0 Å². The van der Waals surface area contributed by atoms with Gasteiger partial charge in [-0.05, 0) is 56.0 Å². The molecule has 0 spiro atoms. The molecule has 136 valence electrons. The Bertz CT molecular complexity index is 635. The minimum atomic E-state index is 0.548. The zero-order valence-corrected chi connectivity index (χ0v) is 16.0. The standard InChI is InChI=1S/C22H31NO2/c1-5-24-22-14-20(15-23-13-12-17(2)3)10-11-21(22)25-16-19-8-6-18(4)7-9-19/h6-11,14,17,23H,5,12-13,15-16H2,1-4H3. The van der Waals surface area contributed by atoms with E-state index in [1.807, 2.05) is 13.0 Å². The zero-order valence-electron chi connectivity index (χ0n) is 16.0. The highest BCUT2D eigenvalue weighted by Gasteiger charge is 2.07. The maximum absolute atomic E-state index is 5.98. The fourth-order valence-electron chi connectivity index (χ4n) is 2.52. The molecule has 0 heterocycles. The second-order valence-electron chi connectivity index (χ2n) is 6.85. The van der Waals surface area contributed by atoms with Gasteiger partial charge in [0.05, 0.1) is 6.61 Å². The van der Waals surface area contributed by atoms with Crippen LogP contribution in [-0.2, 0) is 13.2 Å². The minimum absolute atomic E-state index is 0.548. The van der Waals surface area contributed by atoms with Crippen molar-refractivity contribution in [1.29, 1.82) is 0 Å². The summed E-state index contributed by atoms with van der Waals surface area (Å²) in [6.45, 7) is 11.6. The molecule has 0 atom stereocenters. The van der Waals surface area contributed by atoms with Gasteiger partial charge >= 0.3 is 0 Å². The average molecular weight is 341 g/mol. The molecule has 0 aliphatic rings. The van der Waals surface area contributed by atoms with E-state index in [0.717, 1.165) is 36.1 Å². The second-order valence-corrected chi connectivity index (χ2v) is 6.85.